The minimum absolute atomic E-state index is 0.187. The van der Waals surface area contributed by atoms with Crippen molar-refractivity contribution in [3.05, 3.63) is 29.8 Å². The predicted molar refractivity (Wildman–Crippen MR) is 83.0 cm³/mol. The molecule has 2 aliphatic rings. The van der Waals surface area contributed by atoms with Gasteiger partial charge in [-0.3, -0.25) is 9.69 Å². The van der Waals surface area contributed by atoms with E-state index >= 15 is 0 Å². The third-order valence-corrected chi connectivity index (χ3v) is 4.89. The first-order valence-electron chi connectivity index (χ1n) is 8.11. The summed E-state index contributed by atoms with van der Waals surface area (Å²) in [5.41, 5.74) is 1.18. The second kappa shape index (κ2) is 6.63. The molecule has 1 amide bonds. The first-order chi connectivity index (χ1) is 11.4. The maximum Gasteiger partial charge on any atom is 0.406 e. The van der Waals surface area contributed by atoms with Crippen LogP contribution in [0.25, 0.3) is 0 Å². The average Bonchev–Trinajstić information content (AvgIpc) is 3.14. The van der Waals surface area contributed by atoms with Crippen molar-refractivity contribution < 1.29 is 22.7 Å². The van der Waals surface area contributed by atoms with Gasteiger partial charge in [0.1, 0.15) is 12.3 Å². The minimum Gasteiger partial charge on any atom is -0.497 e. The Labute approximate surface area is 139 Å². The number of likely N-dealkylation sites (tertiary alicyclic amines) is 2. The predicted octanol–water partition coefficient (Wildman–Crippen LogP) is 2.65. The van der Waals surface area contributed by atoms with Crippen LogP contribution in [0.1, 0.15) is 24.3 Å². The van der Waals surface area contributed by atoms with Crippen molar-refractivity contribution in [2.45, 2.75) is 31.0 Å². The largest absolute Gasteiger partial charge is 0.497 e. The molecule has 1 aromatic carbocycles. The fourth-order valence-corrected chi connectivity index (χ4v) is 3.65. The summed E-state index contributed by atoms with van der Waals surface area (Å²) in [5, 5.41) is 0. The number of carbonyl (C=O) groups is 1. The highest BCUT2D eigenvalue weighted by atomic mass is 19.4. The Balaban J connectivity index is 1.60. The highest BCUT2D eigenvalue weighted by Crippen LogP contribution is 2.32. The van der Waals surface area contributed by atoms with E-state index in [2.05, 4.69) is 0 Å². The lowest BCUT2D eigenvalue weighted by Gasteiger charge is -2.24. The van der Waals surface area contributed by atoms with Gasteiger partial charge in [0.2, 0.25) is 5.91 Å². The van der Waals surface area contributed by atoms with E-state index < -0.39 is 18.8 Å². The molecule has 0 radical (unpaired) electrons. The van der Waals surface area contributed by atoms with Gasteiger partial charge < -0.3 is 9.64 Å². The van der Waals surface area contributed by atoms with Crippen molar-refractivity contribution in [1.29, 1.82) is 0 Å². The smallest absolute Gasteiger partial charge is 0.406 e. The number of ether oxygens (including phenoxy) is 1. The van der Waals surface area contributed by atoms with Gasteiger partial charge in [-0.2, -0.15) is 13.2 Å². The molecule has 0 bridgehead atoms. The highest BCUT2D eigenvalue weighted by molar-refractivity contribution is 5.84. The van der Waals surface area contributed by atoms with E-state index in [1.807, 2.05) is 29.2 Å². The summed E-state index contributed by atoms with van der Waals surface area (Å²) in [6, 6.07) is 7.43. The summed E-state index contributed by atoms with van der Waals surface area (Å²) in [7, 11) is 1.62. The quantitative estimate of drug-likeness (QED) is 0.843. The Morgan fingerprint density at radius 1 is 1.17 bits per heavy atom. The Morgan fingerprint density at radius 2 is 1.88 bits per heavy atom. The van der Waals surface area contributed by atoms with Gasteiger partial charge in [-0.05, 0) is 43.0 Å². The number of benzene rings is 1. The van der Waals surface area contributed by atoms with Crippen molar-refractivity contribution in [2.24, 2.45) is 0 Å². The molecule has 0 aromatic heterocycles. The van der Waals surface area contributed by atoms with Crippen LogP contribution in [-0.2, 0) is 4.79 Å². The van der Waals surface area contributed by atoms with Gasteiger partial charge in [0.15, 0.2) is 0 Å². The van der Waals surface area contributed by atoms with Crippen LogP contribution < -0.4 is 4.74 Å². The molecule has 1 aromatic rings. The lowest BCUT2D eigenvalue weighted by molar-refractivity contribution is -0.159. The summed E-state index contributed by atoms with van der Waals surface area (Å²) in [6.07, 6.45) is -2.94. The maximum atomic E-state index is 12.5. The van der Waals surface area contributed by atoms with Crippen LogP contribution in [0.5, 0.6) is 5.75 Å². The number of carbonyl (C=O) groups excluding carboxylic acids is 1. The van der Waals surface area contributed by atoms with Crippen LogP contribution in [0, 0.1) is 0 Å². The number of methoxy groups -OCH3 is 1. The van der Waals surface area contributed by atoms with Crippen LogP contribution in [0.15, 0.2) is 24.3 Å². The standard InChI is InChI=1S/C17H21F3N2O2/c1-24-14-4-2-12(3-5-14)13-6-8-21(10-13)15-7-9-22(16(15)23)11-17(18,19)20/h2-5,13,15H,6-11H2,1H3/t13-,15+/m1/s1. The second-order valence-electron chi connectivity index (χ2n) is 6.43. The van der Waals surface area contributed by atoms with E-state index in [0.29, 0.717) is 18.9 Å². The molecule has 0 spiro atoms. The molecule has 2 aliphatic heterocycles. The number of hydrogen-bond acceptors (Lipinski definition) is 3. The van der Waals surface area contributed by atoms with Crippen LogP contribution >= 0.6 is 0 Å². The number of amides is 1. The summed E-state index contributed by atoms with van der Waals surface area (Å²) < 4.78 is 42.7. The van der Waals surface area contributed by atoms with E-state index in [-0.39, 0.29) is 12.5 Å². The first-order valence-corrected chi connectivity index (χ1v) is 8.11. The van der Waals surface area contributed by atoms with Crippen molar-refractivity contribution in [3.63, 3.8) is 0 Å². The van der Waals surface area contributed by atoms with Gasteiger partial charge in [0, 0.05) is 13.1 Å². The lowest BCUT2D eigenvalue weighted by atomic mass is 9.98. The normalized spacial score (nSPS) is 25.5. The Hall–Kier alpha value is -1.76. The highest BCUT2D eigenvalue weighted by Gasteiger charge is 2.43. The van der Waals surface area contributed by atoms with E-state index in [1.54, 1.807) is 7.11 Å². The van der Waals surface area contributed by atoms with Gasteiger partial charge >= 0.3 is 6.18 Å². The number of halogens is 3. The van der Waals surface area contributed by atoms with E-state index in [4.69, 9.17) is 4.74 Å². The topological polar surface area (TPSA) is 32.8 Å². The van der Waals surface area contributed by atoms with Gasteiger partial charge in [0.25, 0.3) is 0 Å². The summed E-state index contributed by atoms with van der Waals surface area (Å²) in [5.74, 6) is 0.713. The maximum absolute atomic E-state index is 12.5. The number of rotatable bonds is 4. The Kier molecular flexibility index (Phi) is 4.71. The number of alkyl halides is 3. The van der Waals surface area contributed by atoms with Gasteiger partial charge in [-0.25, -0.2) is 0 Å². The zero-order chi connectivity index (χ0) is 17.3. The molecule has 0 saturated carbocycles. The molecule has 24 heavy (non-hydrogen) atoms. The molecule has 2 fully saturated rings. The second-order valence-corrected chi connectivity index (χ2v) is 6.43. The summed E-state index contributed by atoms with van der Waals surface area (Å²) in [4.78, 5) is 15.2. The van der Waals surface area contributed by atoms with E-state index in [1.165, 1.54) is 5.56 Å². The third-order valence-electron chi connectivity index (χ3n) is 4.89. The van der Waals surface area contributed by atoms with Crippen LogP contribution in [0.3, 0.4) is 0 Å². The lowest BCUT2D eigenvalue weighted by Crippen LogP contribution is -2.43. The third kappa shape index (κ3) is 3.66. The van der Waals surface area contributed by atoms with E-state index in [9.17, 15) is 18.0 Å². The molecule has 2 heterocycles. The Bertz CT molecular complexity index is 588. The average molecular weight is 342 g/mol. The summed E-state index contributed by atoms with van der Waals surface area (Å²) in [6.45, 7) is 0.500. The molecule has 4 nitrogen and oxygen atoms in total. The molecule has 3 rings (SSSR count). The molecule has 2 saturated heterocycles. The Morgan fingerprint density at radius 3 is 2.50 bits per heavy atom. The zero-order valence-electron chi connectivity index (χ0n) is 13.6. The van der Waals surface area contributed by atoms with Gasteiger partial charge in [-0.1, -0.05) is 12.1 Å². The fourth-order valence-electron chi connectivity index (χ4n) is 3.65. The zero-order valence-corrected chi connectivity index (χ0v) is 13.6. The van der Waals surface area contributed by atoms with Crippen molar-refractivity contribution in [2.75, 3.05) is 33.3 Å². The molecular weight excluding hydrogens is 321 g/mol. The number of hydrogen-bond donors (Lipinski definition) is 0. The van der Waals surface area contributed by atoms with Crippen molar-refractivity contribution in [3.8, 4) is 5.75 Å². The molecule has 0 N–H and O–H groups in total. The first kappa shape index (κ1) is 17.1. The SMILES string of the molecule is COc1ccc([C@@H]2CCN([C@H]3CCN(CC(F)(F)F)C3=O)C2)cc1. The molecule has 2 atom stereocenters. The van der Waals surface area contributed by atoms with Gasteiger partial charge in [0.05, 0.1) is 13.2 Å². The molecule has 132 valence electrons. The molecule has 7 heteroatoms. The monoisotopic (exact) mass is 342 g/mol. The molecule has 0 unspecified atom stereocenters. The van der Waals surface area contributed by atoms with Crippen LogP contribution in [-0.4, -0.2) is 61.2 Å². The molecule has 0 aliphatic carbocycles. The van der Waals surface area contributed by atoms with Crippen molar-refractivity contribution >= 4 is 5.91 Å². The van der Waals surface area contributed by atoms with Crippen LogP contribution in [0.4, 0.5) is 13.2 Å². The molecular formula is C17H21F3N2O2. The van der Waals surface area contributed by atoms with Crippen molar-refractivity contribution in [1.82, 2.24) is 9.80 Å². The van der Waals surface area contributed by atoms with E-state index in [0.717, 1.165) is 23.6 Å². The van der Waals surface area contributed by atoms with Crippen LogP contribution in [0.2, 0.25) is 0 Å². The summed E-state index contributed by atoms with van der Waals surface area (Å²) >= 11 is 0. The van der Waals surface area contributed by atoms with Gasteiger partial charge in [-0.15, -0.1) is 0 Å². The number of nitrogens with zero attached hydrogens (tertiary/aromatic N) is 2. The minimum atomic E-state index is -4.33. The fraction of sp³-hybridized carbons (Fsp3) is 0.588.